The maximum absolute atomic E-state index is 12.2. The summed E-state index contributed by atoms with van der Waals surface area (Å²) in [5.74, 6) is 1.41. The first kappa shape index (κ1) is 11.9. The predicted molar refractivity (Wildman–Crippen MR) is 65.1 cm³/mol. The third kappa shape index (κ3) is 2.10. The van der Waals surface area contributed by atoms with E-state index in [1.165, 1.54) is 6.42 Å². The van der Waals surface area contributed by atoms with Gasteiger partial charge in [0.25, 0.3) is 0 Å². The van der Waals surface area contributed by atoms with Gasteiger partial charge in [-0.25, -0.2) is 0 Å². The summed E-state index contributed by atoms with van der Waals surface area (Å²) in [6.07, 6.45) is 3.41. The van der Waals surface area contributed by atoms with Crippen molar-refractivity contribution in [2.45, 2.75) is 33.1 Å². The lowest BCUT2D eigenvalue weighted by Crippen LogP contribution is -2.32. The van der Waals surface area contributed by atoms with Crippen LogP contribution < -0.4 is 5.32 Å². The average Bonchev–Trinajstić information content (AvgIpc) is 2.73. The SMILES string of the molecule is CCC1(C)CC1C(=O)N1CCC(CNC)C1. The summed E-state index contributed by atoms with van der Waals surface area (Å²) >= 11 is 0. The summed E-state index contributed by atoms with van der Waals surface area (Å²) in [5.41, 5.74) is 0.318. The van der Waals surface area contributed by atoms with Crippen LogP contribution in [0, 0.1) is 17.3 Å². The van der Waals surface area contributed by atoms with Crippen LogP contribution in [-0.4, -0.2) is 37.5 Å². The summed E-state index contributed by atoms with van der Waals surface area (Å²) in [6.45, 7) is 7.43. The summed E-state index contributed by atoms with van der Waals surface area (Å²) < 4.78 is 0. The van der Waals surface area contributed by atoms with Gasteiger partial charge in [0.15, 0.2) is 0 Å². The number of likely N-dealkylation sites (tertiary alicyclic amines) is 1. The Morgan fingerprint density at radius 1 is 1.56 bits per heavy atom. The van der Waals surface area contributed by atoms with Gasteiger partial charge in [-0.15, -0.1) is 0 Å². The fourth-order valence-corrected chi connectivity index (χ4v) is 2.89. The Morgan fingerprint density at radius 3 is 2.88 bits per heavy atom. The van der Waals surface area contributed by atoms with Crippen molar-refractivity contribution in [2.24, 2.45) is 17.3 Å². The maximum atomic E-state index is 12.2. The molecule has 0 aromatic heterocycles. The minimum absolute atomic E-state index is 0.318. The van der Waals surface area contributed by atoms with E-state index in [4.69, 9.17) is 0 Å². The van der Waals surface area contributed by atoms with Gasteiger partial charge >= 0.3 is 0 Å². The zero-order valence-corrected chi connectivity index (χ0v) is 10.8. The van der Waals surface area contributed by atoms with Gasteiger partial charge in [0.2, 0.25) is 5.91 Å². The number of nitrogens with zero attached hydrogens (tertiary/aromatic N) is 1. The topological polar surface area (TPSA) is 32.3 Å². The molecule has 1 heterocycles. The number of amides is 1. The smallest absolute Gasteiger partial charge is 0.226 e. The first-order chi connectivity index (χ1) is 7.60. The molecule has 0 aromatic rings. The van der Waals surface area contributed by atoms with E-state index in [1.807, 2.05) is 7.05 Å². The van der Waals surface area contributed by atoms with Crippen LogP contribution in [0.15, 0.2) is 0 Å². The molecule has 0 spiro atoms. The summed E-state index contributed by atoms with van der Waals surface area (Å²) in [7, 11) is 1.99. The van der Waals surface area contributed by atoms with E-state index in [9.17, 15) is 4.79 Å². The zero-order chi connectivity index (χ0) is 11.8. The van der Waals surface area contributed by atoms with Crippen molar-refractivity contribution in [1.82, 2.24) is 10.2 Å². The quantitative estimate of drug-likeness (QED) is 0.784. The van der Waals surface area contributed by atoms with E-state index in [2.05, 4.69) is 24.1 Å². The van der Waals surface area contributed by atoms with Gasteiger partial charge in [-0.3, -0.25) is 4.79 Å². The van der Waals surface area contributed by atoms with Gasteiger partial charge in [-0.2, -0.15) is 0 Å². The number of carbonyl (C=O) groups is 1. The molecule has 1 saturated heterocycles. The molecule has 3 unspecified atom stereocenters. The minimum atomic E-state index is 0.318. The lowest BCUT2D eigenvalue weighted by molar-refractivity contribution is -0.132. The molecule has 1 aliphatic carbocycles. The van der Waals surface area contributed by atoms with Crippen molar-refractivity contribution in [3.8, 4) is 0 Å². The van der Waals surface area contributed by atoms with Crippen molar-refractivity contribution in [1.29, 1.82) is 0 Å². The van der Waals surface area contributed by atoms with Crippen LogP contribution in [0.25, 0.3) is 0 Å². The van der Waals surface area contributed by atoms with Crippen molar-refractivity contribution in [3.63, 3.8) is 0 Å². The van der Waals surface area contributed by atoms with Crippen LogP contribution in [-0.2, 0) is 4.79 Å². The van der Waals surface area contributed by atoms with Gasteiger partial charge < -0.3 is 10.2 Å². The Morgan fingerprint density at radius 2 is 2.31 bits per heavy atom. The molecule has 1 amide bonds. The number of carbonyl (C=O) groups excluding carboxylic acids is 1. The Kier molecular flexibility index (Phi) is 3.24. The molecule has 0 aromatic carbocycles. The maximum Gasteiger partial charge on any atom is 0.226 e. The van der Waals surface area contributed by atoms with Gasteiger partial charge in [0, 0.05) is 19.0 Å². The second kappa shape index (κ2) is 4.36. The first-order valence-corrected chi connectivity index (χ1v) is 6.54. The molecule has 2 aliphatic rings. The van der Waals surface area contributed by atoms with E-state index in [-0.39, 0.29) is 0 Å². The zero-order valence-electron chi connectivity index (χ0n) is 10.8. The third-order valence-electron chi connectivity index (χ3n) is 4.55. The number of hydrogen-bond acceptors (Lipinski definition) is 2. The van der Waals surface area contributed by atoms with E-state index in [0.29, 0.717) is 23.2 Å². The highest BCUT2D eigenvalue weighted by molar-refractivity contribution is 5.82. The molecule has 0 bridgehead atoms. The van der Waals surface area contributed by atoms with Gasteiger partial charge in [0.1, 0.15) is 0 Å². The molecule has 3 heteroatoms. The van der Waals surface area contributed by atoms with Crippen molar-refractivity contribution < 1.29 is 4.79 Å². The van der Waals surface area contributed by atoms with Gasteiger partial charge in [-0.1, -0.05) is 13.8 Å². The second-order valence-electron chi connectivity index (χ2n) is 5.76. The fraction of sp³-hybridized carbons (Fsp3) is 0.923. The first-order valence-electron chi connectivity index (χ1n) is 6.54. The van der Waals surface area contributed by atoms with Gasteiger partial charge in [0.05, 0.1) is 0 Å². The lowest BCUT2D eigenvalue weighted by Gasteiger charge is -2.18. The van der Waals surface area contributed by atoms with Crippen LogP contribution in [0.3, 0.4) is 0 Å². The van der Waals surface area contributed by atoms with E-state index in [0.717, 1.165) is 32.5 Å². The molecule has 92 valence electrons. The predicted octanol–water partition coefficient (Wildman–Crippen LogP) is 1.49. The number of hydrogen-bond donors (Lipinski definition) is 1. The monoisotopic (exact) mass is 224 g/mol. The summed E-state index contributed by atoms with van der Waals surface area (Å²) in [4.78, 5) is 14.3. The molecular weight excluding hydrogens is 200 g/mol. The highest BCUT2D eigenvalue weighted by Crippen LogP contribution is 2.55. The number of nitrogens with one attached hydrogen (secondary N) is 1. The molecule has 1 N–H and O–H groups in total. The van der Waals surface area contributed by atoms with Crippen LogP contribution in [0.2, 0.25) is 0 Å². The highest BCUT2D eigenvalue weighted by atomic mass is 16.2. The summed E-state index contributed by atoms with van der Waals surface area (Å²) in [6, 6.07) is 0. The second-order valence-corrected chi connectivity index (χ2v) is 5.76. The van der Waals surface area contributed by atoms with Crippen LogP contribution in [0.5, 0.6) is 0 Å². The van der Waals surface area contributed by atoms with Crippen molar-refractivity contribution >= 4 is 5.91 Å². The Bertz CT molecular complexity index is 279. The molecule has 1 saturated carbocycles. The molecule has 3 nitrogen and oxygen atoms in total. The van der Waals surface area contributed by atoms with Gasteiger partial charge in [-0.05, 0) is 44.2 Å². The fourth-order valence-electron chi connectivity index (χ4n) is 2.89. The normalized spacial score (nSPS) is 37.8. The molecule has 2 rings (SSSR count). The van der Waals surface area contributed by atoms with Crippen molar-refractivity contribution in [2.75, 3.05) is 26.7 Å². The van der Waals surface area contributed by atoms with E-state index < -0.39 is 0 Å². The third-order valence-corrected chi connectivity index (χ3v) is 4.55. The van der Waals surface area contributed by atoms with Crippen LogP contribution in [0.1, 0.15) is 33.1 Å². The van der Waals surface area contributed by atoms with Crippen LogP contribution >= 0.6 is 0 Å². The number of rotatable bonds is 4. The van der Waals surface area contributed by atoms with Crippen LogP contribution in [0.4, 0.5) is 0 Å². The van der Waals surface area contributed by atoms with E-state index >= 15 is 0 Å². The highest BCUT2D eigenvalue weighted by Gasteiger charge is 2.54. The van der Waals surface area contributed by atoms with Crippen molar-refractivity contribution in [3.05, 3.63) is 0 Å². The minimum Gasteiger partial charge on any atom is -0.342 e. The standard InChI is InChI=1S/C13H24N2O/c1-4-13(2)7-11(13)12(16)15-6-5-10(9-15)8-14-3/h10-11,14H,4-9H2,1-3H3. The molecule has 16 heavy (non-hydrogen) atoms. The lowest BCUT2D eigenvalue weighted by atomic mass is 10.0. The molecule has 2 fully saturated rings. The Labute approximate surface area is 98.6 Å². The Hall–Kier alpha value is -0.570. The average molecular weight is 224 g/mol. The molecule has 3 atom stereocenters. The molecule has 1 aliphatic heterocycles. The molecular formula is C13H24N2O. The largest absolute Gasteiger partial charge is 0.342 e. The molecule has 0 radical (unpaired) electrons. The Balaban J connectivity index is 1.84. The van der Waals surface area contributed by atoms with E-state index in [1.54, 1.807) is 0 Å². The summed E-state index contributed by atoms with van der Waals surface area (Å²) in [5, 5.41) is 3.20.